The van der Waals surface area contributed by atoms with Crippen LogP contribution in [0.25, 0.3) is 0 Å². The smallest absolute Gasteiger partial charge is 0.158 e. The van der Waals surface area contributed by atoms with Crippen molar-refractivity contribution in [1.29, 1.82) is 0 Å². The molecule has 0 amide bonds. The highest BCUT2D eigenvalue weighted by Gasteiger charge is 2.63. The second kappa shape index (κ2) is 8.40. The van der Waals surface area contributed by atoms with Crippen LogP contribution in [0.5, 0.6) is 0 Å². The third kappa shape index (κ3) is 3.97. The maximum atomic E-state index is 13.3. The van der Waals surface area contributed by atoms with E-state index in [0.717, 1.165) is 45.1 Å². The standard InChI is InChI=1S/C26H42N4O3/c1-17(2)33-15-26-12-11-24(3,32)13-18(26)5-6-19-20-7-8-22(25(20,4)10-9-21(19)26)23(31)14-30-16-27-28-29-30/h16-22,32H,5-15H2,1-4H3/t18?,19-,20-,21-,22+,24+,25-,26+/m0/s1. The lowest BCUT2D eigenvalue weighted by molar-refractivity contribution is -0.183. The second-order valence-electron chi connectivity index (χ2n) is 12.6. The molecule has 4 saturated carbocycles. The molecule has 7 heteroatoms. The normalized spacial score (nSPS) is 44.8. The number of rotatable bonds is 6. The summed E-state index contributed by atoms with van der Waals surface area (Å²) in [5, 5.41) is 22.2. The molecule has 1 N–H and O–H groups in total. The van der Waals surface area contributed by atoms with E-state index < -0.39 is 5.60 Å². The summed E-state index contributed by atoms with van der Waals surface area (Å²) in [6.45, 7) is 9.83. The minimum atomic E-state index is -0.539. The van der Waals surface area contributed by atoms with Gasteiger partial charge in [0, 0.05) is 5.92 Å². The van der Waals surface area contributed by atoms with E-state index in [1.807, 2.05) is 6.92 Å². The molecule has 0 radical (unpaired) electrons. The lowest BCUT2D eigenvalue weighted by Gasteiger charge is -2.62. The Hall–Kier alpha value is -1.34. The Morgan fingerprint density at radius 3 is 2.67 bits per heavy atom. The van der Waals surface area contributed by atoms with Crippen LogP contribution in [0, 0.1) is 40.4 Å². The Morgan fingerprint density at radius 2 is 1.94 bits per heavy atom. The van der Waals surface area contributed by atoms with E-state index in [-0.39, 0.29) is 29.4 Å². The zero-order chi connectivity index (χ0) is 23.4. The van der Waals surface area contributed by atoms with Crippen LogP contribution >= 0.6 is 0 Å². The highest BCUT2D eigenvalue weighted by molar-refractivity contribution is 5.82. The summed E-state index contributed by atoms with van der Waals surface area (Å²) in [5.41, 5.74) is -0.270. The molecule has 33 heavy (non-hydrogen) atoms. The molecule has 184 valence electrons. The molecule has 5 rings (SSSR count). The van der Waals surface area contributed by atoms with Gasteiger partial charge in [-0.1, -0.05) is 6.92 Å². The van der Waals surface area contributed by atoms with Crippen LogP contribution in [0.3, 0.4) is 0 Å². The van der Waals surface area contributed by atoms with Crippen molar-refractivity contribution >= 4 is 5.78 Å². The first-order chi connectivity index (χ1) is 15.6. The lowest BCUT2D eigenvalue weighted by Crippen LogP contribution is -2.58. The number of Topliss-reactive ketones (excluding diaryl/α,β-unsaturated/α-hetero) is 1. The number of ether oxygens (including phenoxy) is 1. The van der Waals surface area contributed by atoms with Crippen molar-refractivity contribution in [1.82, 2.24) is 20.2 Å². The van der Waals surface area contributed by atoms with Crippen molar-refractivity contribution in [2.45, 2.75) is 104 Å². The maximum absolute atomic E-state index is 13.3. The minimum Gasteiger partial charge on any atom is -0.390 e. The number of hydrogen-bond acceptors (Lipinski definition) is 6. The van der Waals surface area contributed by atoms with Gasteiger partial charge in [-0.2, -0.15) is 0 Å². The SMILES string of the molecule is CC(C)OC[C@]12CC[C@@](C)(O)CC1CC[C@@H]1[C@@H]2CC[C@]2(C)[C@@H](C(=O)Cn3cnnn3)CC[C@@H]12. The number of ketones is 1. The van der Waals surface area contributed by atoms with E-state index in [2.05, 4.69) is 36.3 Å². The molecule has 4 fully saturated rings. The molecule has 0 saturated heterocycles. The molecule has 0 spiro atoms. The fourth-order valence-electron chi connectivity index (χ4n) is 8.89. The Bertz CT molecular complexity index is 852. The highest BCUT2D eigenvalue weighted by Crippen LogP contribution is 2.68. The van der Waals surface area contributed by atoms with Crippen LogP contribution in [0.4, 0.5) is 0 Å². The Balaban J connectivity index is 1.39. The van der Waals surface area contributed by atoms with Crippen LogP contribution in [0.1, 0.15) is 85.5 Å². The van der Waals surface area contributed by atoms with Crippen LogP contribution in [-0.2, 0) is 16.1 Å². The van der Waals surface area contributed by atoms with Gasteiger partial charge in [-0.3, -0.25) is 4.79 Å². The molecular weight excluding hydrogens is 416 g/mol. The fourth-order valence-corrected chi connectivity index (χ4v) is 8.89. The van der Waals surface area contributed by atoms with E-state index in [4.69, 9.17) is 4.74 Å². The zero-order valence-electron chi connectivity index (χ0n) is 20.9. The van der Waals surface area contributed by atoms with E-state index >= 15 is 0 Å². The van der Waals surface area contributed by atoms with Crippen molar-refractivity contribution in [3.05, 3.63) is 6.33 Å². The Kier molecular flexibility index (Phi) is 5.96. The van der Waals surface area contributed by atoms with Crippen LogP contribution in [0.15, 0.2) is 6.33 Å². The molecule has 0 bridgehead atoms. The van der Waals surface area contributed by atoms with Crippen molar-refractivity contribution < 1.29 is 14.6 Å². The first-order valence-corrected chi connectivity index (χ1v) is 13.2. The van der Waals surface area contributed by atoms with E-state index in [1.54, 1.807) is 11.0 Å². The van der Waals surface area contributed by atoms with Gasteiger partial charge >= 0.3 is 0 Å². The maximum Gasteiger partial charge on any atom is 0.158 e. The third-order valence-corrected chi connectivity index (χ3v) is 10.4. The van der Waals surface area contributed by atoms with Gasteiger partial charge in [-0.05, 0) is 123 Å². The summed E-state index contributed by atoms with van der Waals surface area (Å²) in [6.07, 6.45) is 11.5. The number of aliphatic hydroxyl groups is 1. The molecular formula is C26H42N4O3. The number of hydrogen-bond donors (Lipinski definition) is 1. The molecule has 0 aliphatic heterocycles. The summed E-state index contributed by atoms with van der Waals surface area (Å²) in [7, 11) is 0. The topological polar surface area (TPSA) is 90.1 Å². The number of nitrogens with zero attached hydrogens (tertiary/aromatic N) is 4. The van der Waals surface area contributed by atoms with Crippen LogP contribution in [0.2, 0.25) is 0 Å². The predicted molar refractivity (Wildman–Crippen MR) is 124 cm³/mol. The van der Waals surface area contributed by atoms with E-state index in [1.165, 1.54) is 19.3 Å². The van der Waals surface area contributed by atoms with Crippen molar-refractivity contribution in [3.63, 3.8) is 0 Å². The van der Waals surface area contributed by atoms with E-state index in [9.17, 15) is 9.90 Å². The average Bonchev–Trinajstić information content (AvgIpc) is 3.38. The van der Waals surface area contributed by atoms with Gasteiger partial charge in [0.05, 0.1) is 18.3 Å². The van der Waals surface area contributed by atoms with Gasteiger partial charge in [0.25, 0.3) is 0 Å². The number of fused-ring (bicyclic) bond motifs is 5. The highest BCUT2D eigenvalue weighted by atomic mass is 16.5. The van der Waals surface area contributed by atoms with Gasteiger partial charge in [0.1, 0.15) is 12.9 Å². The molecule has 4 aliphatic rings. The molecule has 7 nitrogen and oxygen atoms in total. The summed E-state index contributed by atoms with van der Waals surface area (Å²) >= 11 is 0. The summed E-state index contributed by atoms with van der Waals surface area (Å²) in [4.78, 5) is 13.3. The second-order valence-corrected chi connectivity index (χ2v) is 12.6. The number of carbonyl (C=O) groups is 1. The van der Waals surface area contributed by atoms with Crippen molar-refractivity contribution in [2.24, 2.45) is 40.4 Å². The predicted octanol–water partition coefficient (Wildman–Crippen LogP) is 4.06. The third-order valence-electron chi connectivity index (χ3n) is 10.4. The first kappa shape index (κ1) is 23.4. The van der Waals surface area contributed by atoms with Gasteiger partial charge in [-0.25, -0.2) is 4.68 Å². The fraction of sp³-hybridized carbons (Fsp3) is 0.923. The minimum absolute atomic E-state index is 0.0827. The van der Waals surface area contributed by atoms with E-state index in [0.29, 0.717) is 29.5 Å². The van der Waals surface area contributed by atoms with Crippen molar-refractivity contribution in [2.75, 3.05) is 6.61 Å². The first-order valence-electron chi connectivity index (χ1n) is 13.2. The summed E-state index contributed by atoms with van der Waals surface area (Å²) in [6, 6.07) is 0. The number of aromatic nitrogens is 4. The molecule has 8 atom stereocenters. The lowest BCUT2D eigenvalue weighted by atomic mass is 9.43. The largest absolute Gasteiger partial charge is 0.390 e. The quantitative estimate of drug-likeness (QED) is 0.691. The Morgan fingerprint density at radius 1 is 1.12 bits per heavy atom. The van der Waals surface area contributed by atoms with Crippen LogP contribution < -0.4 is 0 Å². The molecule has 1 aromatic heterocycles. The average molecular weight is 459 g/mol. The monoisotopic (exact) mass is 458 g/mol. The molecule has 0 aromatic carbocycles. The van der Waals surface area contributed by atoms with Crippen molar-refractivity contribution in [3.8, 4) is 0 Å². The molecule has 4 aliphatic carbocycles. The number of carbonyl (C=O) groups excluding carboxylic acids is 1. The molecule has 1 aromatic rings. The van der Waals surface area contributed by atoms with Gasteiger partial charge in [0.15, 0.2) is 5.78 Å². The number of tetrazole rings is 1. The molecule has 1 heterocycles. The van der Waals surface area contributed by atoms with Gasteiger partial charge < -0.3 is 9.84 Å². The zero-order valence-corrected chi connectivity index (χ0v) is 20.9. The van der Waals surface area contributed by atoms with Crippen LogP contribution in [-0.4, -0.2) is 49.4 Å². The van der Waals surface area contributed by atoms with Gasteiger partial charge in [0.2, 0.25) is 0 Å². The van der Waals surface area contributed by atoms with Gasteiger partial charge in [-0.15, -0.1) is 5.10 Å². The summed E-state index contributed by atoms with van der Waals surface area (Å²) < 4.78 is 7.93. The summed E-state index contributed by atoms with van der Waals surface area (Å²) in [5.74, 6) is 2.89. The Labute approximate surface area is 198 Å². The molecule has 1 unspecified atom stereocenters.